The van der Waals surface area contributed by atoms with Gasteiger partial charge >= 0.3 is 12.1 Å². The molecule has 6 rings (SSSR count). The third kappa shape index (κ3) is 3.75. The SMILES string of the molecule is COC1CN2CCCC2(COc2nc(N3CC4CCC(C3)N4C(=O)O)c3cnc(Cl)c(F)c3n2)C1. The summed E-state index contributed by atoms with van der Waals surface area (Å²) in [6.07, 6.45) is 5.27. The van der Waals surface area contributed by atoms with Crippen molar-refractivity contribution in [2.75, 3.05) is 44.8 Å². The van der Waals surface area contributed by atoms with Crippen molar-refractivity contribution in [1.29, 1.82) is 0 Å². The quantitative estimate of drug-likeness (QED) is 0.613. The normalized spacial score (nSPS) is 30.3. The summed E-state index contributed by atoms with van der Waals surface area (Å²) in [7, 11) is 1.73. The van der Waals surface area contributed by atoms with Gasteiger partial charge in [0, 0.05) is 32.9 Å². The standard InChI is InChI=1S/C23H28ClFN6O4/c1-34-15-7-23(5-2-6-30(23)11-15)12-35-21-27-18-16(8-26-19(24)17(18)25)20(28-21)29-9-13-3-4-14(10-29)31(13)22(32)33/h8,13-15H,2-7,9-12H2,1H3,(H,32,33). The van der Waals surface area contributed by atoms with E-state index in [9.17, 15) is 9.90 Å². The fourth-order valence-corrected chi connectivity index (χ4v) is 6.66. The van der Waals surface area contributed by atoms with Crippen molar-refractivity contribution < 1.29 is 23.8 Å². The van der Waals surface area contributed by atoms with Gasteiger partial charge in [-0.1, -0.05) is 11.6 Å². The lowest BCUT2D eigenvalue weighted by Crippen LogP contribution is -2.55. The first-order chi connectivity index (χ1) is 16.9. The highest BCUT2D eigenvalue weighted by atomic mass is 35.5. The van der Waals surface area contributed by atoms with Crippen LogP contribution < -0.4 is 9.64 Å². The summed E-state index contributed by atoms with van der Waals surface area (Å²) in [4.78, 5) is 30.7. The Morgan fingerprint density at radius 2 is 2.06 bits per heavy atom. The third-order valence-corrected chi connectivity index (χ3v) is 8.44. The van der Waals surface area contributed by atoms with Crippen molar-refractivity contribution in [3.63, 3.8) is 0 Å². The van der Waals surface area contributed by atoms with Crippen LogP contribution in [-0.4, -0.2) is 99.6 Å². The first-order valence-electron chi connectivity index (χ1n) is 12.1. The zero-order valence-electron chi connectivity index (χ0n) is 19.5. The Hall–Kier alpha value is -2.50. The Morgan fingerprint density at radius 3 is 2.77 bits per heavy atom. The minimum Gasteiger partial charge on any atom is -0.465 e. The Balaban J connectivity index is 1.33. The maximum atomic E-state index is 15.0. The summed E-state index contributed by atoms with van der Waals surface area (Å²) in [5, 5.41) is 9.79. The van der Waals surface area contributed by atoms with Crippen molar-refractivity contribution in [2.24, 2.45) is 0 Å². The number of aromatic nitrogens is 3. The van der Waals surface area contributed by atoms with E-state index >= 15 is 4.39 Å². The minimum atomic E-state index is -0.903. The van der Waals surface area contributed by atoms with Crippen molar-refractivity contribution in [3.05, 3.63) is 17.2 Å². The van der Waals surface area contributed by atoms with Crippen LogP contribution in [0.5, 0.6) is 6.01 Å². The molecule has 4 fully saturated rings. The highest BCUT2D eigenvalue weighted by molar-refractivity contribution is 6.30. The smallest absolute Gasteiger partial charge is 0.407 e. The number of hydrogen-bond acceptors (Lipinski definition) is 8. The number of fused-ring (bicyclic) bond motifs is 4. The number of rotatable bonds is 5. The van der Waals surface area contributed by atoms with E-state index in [-0.39, 0.29) is 40.4 Å². The van der Waals surface area contributed by atoms with Gasteiger partial charge in [-0.25, -0.2) is 14.2 Å². The molecular weight excluding hydrogens is 479 g/mol. The Kier molecular flexibility index (Phi) is 5.61. The molecule has 12 heteroatoms. The number of anilines is 1. The summed E-state index contributed by atoms with van der Waals surface area (Å²) < 4.78 is 26.8. The predicted octanol–water partition coefficient (Wildman–Crippen LogP) is 2.78. The summed E-state index contributed by atoms with van der Waals surface area (Å²) in [6, 6.07) is -0.189. The minimum absolute atomic E-state index is 0.0555. The van der Waals surface area contributed by atoms with Gasteiger partial charge in [0.05, 0.1) is 29.1 Å². The second kappa shape index (κ2) is 8.56. The van der Waals surface area contributed by atoms with Gasteiger partial charge in [0.1, 0.15) is 17.9 Å². The van der Waals surface area contributed by atoms with Crippen LogP contribution in [0.3, 0.4) is 0 Å². The van der Waals surface area contributed by atoms with E-state index in [0.29, 0.717) is 30.9 Å². The number of methoxy groups -OCH3 is 1. The molecule has 4 aliphatic heterocycles. The highest BCUT2D eigenvalue weighted by Crippen LogP contribution is 2.41. The van der Waals surface area contributed by atoms with E-state index in [1.54, 1.807) is 7.11 Å². The summed E-state index contributed by atoms with van der Waals surface area (Å²) >= 11 is 5.98. The molecule has 2 bridgehead atoms. The molecule has 2 aromatic rings. The number of carbonyl (C=O) groups is 1. The van der Waals surface area contributed by atoms with Gasteiger partial charge in [0.15, 0.2) is 11.0 Å². The second-order valence-corrected chi connectivity index (χ2v) is 10.4. The van der Waals surface area contributed by atoms with Gasteiger partial charge < -0.3 is 19.5 Å². The molecule has 2 aromatic heterocycles. The molecule has 0 spiro atoms. The van der Waals surface area contributed by atoms with Crippen LogP contribution in [0.15, 0.2) is 6.20 Å². The fourth-order valence-electron chi connectivity index (χ4n) is 6.52. The van der Waals surface area contributed by atoms with Gasteiger partial charge in [-0.15, -0.1) is 0 Å². The Bertz CT molecular complexity index is 1160. The molecule has 4 aliphatic rings. The molecule has 1 N–H and O–H groups in total. The van der Waals surface area contributed by atoms with Gasteiger partial charge in [0.2, 0.25) is 0 Å². The van der Waals surface area contributed by atoms with E-state index < -0.39 is 11.9 Å². The Labute approximate surface area is 207 Å². The molecule has 0 radical (unpaired) electrons. The van der Waals surface area contributed by atoms with Gasteiger partial charge in [-0.2, -0.15) is 9.97 Å². The van der Waals surface area contributed by atoms with Crippen molar-refractivity contribution in [2.45, 2.75) is 55.8 Å². The van der Waals surface area contributed by atoms with Gasteiger partial charge in [-0.3, -0.25) is 9.80 Å². The van der Waals surface area contributed by atoms with Crippen LogP contribution in [0.25, 0.3) is 10.9 Å². The van der Waals surface area contributed by atoms with E-state index in [1.165, 1.54) is 11.1 Å². The second-order valence-electron chi connectivity index (χ2n) is 10.1. The van der Waals surface area contributed by atoms with Gasteiger partial charge in [-0.05, 0) is 38.6 Å². The molecule has 10 nitrogen and oxygen atoms in total. The van der Waals surface area contributed by atoms with E-state index in [2.05, 4.69) is 14.9 Å². The van der Waals surface area contributed by atoms with Crippen LogP contribution >= 0.6 is 11.6 Å². The molecule has 1 amide bonds. The maximum absolute atomic E-state index is 15.0. The molecule has 188 valence electrons. The molecule has 35 heavy (non-hydrogen) atoms. The maximum Gasteiger partial charge on any atom is 0.407 e. The average Bonchev–Trinajstić information content (AvgIpc) is 3.48. The van der Waals surface area contributed by atoms with Crippen molar-refractivity contribution in [1.82, 2.24) is 24.8 Å². The van der Waals surface area contributed by atoms with Crippen LogP contribution in [0, 0.1) is 5.82 Å². The first kappa shape index (κ1) is 22.9. The molecule has 4 saturated heterocycles. The number of ether oxygens (including phenoxy) is 2. The molecule has 4 atom stereocenters. The fraction of sp³-hybridized carbons (Fsp3) is 0.652. The van der Waals surface area contributed by atoms with Crippen molar-refractivity contribution in [3.8, 4) is 6.01 Å². The van der Waals surface area contributed by atoms with Crippen molar-refractivity contribution >= 4 is 34.4 Å². The molecule has 0 aromatic carbocycles. The molecule has 4 unspecified atom stereocenters. The van der Waals surface area contributed by atoms with E-state index in [1.807, 2.05) is 4.90 Å². The largest absolute Gasteiger partial charge is 0.465 e. The lowest BCUT2D eigenvalue weighted by atomic mass is 9.94. The van der Waals surface area contributed by atoms with E-state index in [0.717, 1.165) is 45.2 Å². The van der Waals surface area contributed by atoms with Crippen LogP contribution in [0.1, 0.15) is 32.1 Å². The number of pyridine rings is 1. The first-order valence-corrected chi connectivity index (χ1v) is 12.4. The highest BCUT2D eigenvalue weighted by Gasteiger charge is 2.49. The third-order valence-electron chi connectivity index (χ3n) is 8.18. The number of piperazine rings is 1. The summed E-state index contributed by atoms with van der Waals surface area (Å²) in [5.74, 6) is -0.220. The average molecular weight is 507 g/mol. The molecule has 0 saturated carbocycles. The monoisotopic (exact) mass is 506 g/mol. The number of hydrogen-bond donors (Lipinski definition) is 1. The summed E-state index contributed by atoms with van der Waals surface area (Å²) in [6.45, 7) is 3.18. The Morgan fingerprint density at radius 1 is 1.29 bits per heavy atom. The topological polar surface area (TPSA) is 104 Å². The number of carboxylic acid groups (broad SMARTS) is 1. The lowest BCUT2D eigenvalue weighted by Gasteiger charge is -2.40. The van der Waals surface area contributed by atoms with Crippen LogP contribution in [0.4, 0.5) is 15.0 Å². The van der Waals surface area contributed by atoms with Gasteiger partial charge in [0.25, 0.3) is 0 Å². The number of amides is 1. The predicted molar refractivity (Wildman–Crippen MR) is 126 cm³/mol. The lowest BCUT2D eigenvalue weighted by molar-refractivity contribution is 0.0997. The number of nitrogens with zero attached hydrogens (tertiary/aromatic N) is 6. The molecule has 6 heterocycles. The molecule has 0 aliphatic carbocycles. The zero-order chi connectivity index (χ0) is 24.3. The van der Waals surface area contributed by atoms with Crippen LogP contribution in [0.2, 0.25) is 5.15 Å². The number of halogens is 2. The summed E-state index contributed by atoms with van der Waals surface area (Å²) in [5.41, 5.74) is -0.0835. The zero-order valence-corrected chi connectivity index (χ0v) is 20.2. The molecular formula is C23H28ClFN6O4. The van der Waals surface area contributed by atoms with Crippen LogP contribution in [-0.2, 0) is 4.74 Å². The van der Waals surface area contributed by atoms with E-state index in [4.69, 9.17) is 26.1 Å².